The molecule has 0 aromatic rings. The SMILES string of the molecule is CCNC(=S)N(CC)C(C)C. The minimum absolute atomic E-state index is 0.492. The van der Waals surface area contributed by atoms with Gasteiger partial charge in [0, 0.05) is 19.1 Å². The third-order valence-corrected chi connectivity index (χ3v) is 1.93. The molecule has 3 heteroatoms. The van der Waals surface area contributed by atoms with E-state index in [-0.39, 0.29) is 0 Å². The number of thiocarbonyl (C=S) groups is 1. The van der Waals surface area contributed by atoms with Crippen molar-refractivity contribution < 1.29 is 0 Å². The number of hydrogen-bond donors (Lipinski definition) is 1. The Morgan fingerprint density at radius 3 is 2.27 bits per heavy atom. The second-order valence-electron chi connectivity index (χ2n) is 2.72. The van der Waals surface area contributed by atoms with Crippen LogP contribution in [0.3, 0.4) is 0 Å². The lowest BCUT2D eigenvalue weighted by Gasteiger charge is -2.27. The van der Waals surface area contributed by atoms with Gasteiger partial charge in [0.1, 0.15) is 0 Å². The molecule has 0 fully saturated rings. The maximum absolute atomic E-state index is 5.16. The first-order chi connectivity index (χ1) is 5.13. The molecule has 0 aliphatic heterocycles. The lowest BCUT2D eigenvalue weighted by atomic mass is 10.3. The molecule has 0 rings (SSSR count). The molecule has 0 bridgehead atoms. The summed E-state index contributed by atoms with van der Waals surface area (Å²) in [6.07, 6.45) is 0. The molecule has 2 nitrogen and oxygen atoms in total. The number of rotatable bonds is 3. The zero-order valence-corrected chi connectivity index (χ0v) is 8.66. The van der Waals surface area contributed by atoms with Gasteiger partial charge in [-0.1, -0.05) is 0 Å². The average Bonchev–Trinajstić information content (AvgIpc) is 1.88. The van der Waals surface area contributed by atoms with Gasteiger partial charge in [-0.25, -0.2) is 0 Å². The smallest absolute Gasteiger partial charge is 0.169 e. The standard InChI is InChI=1S/C8H18N2S/c1-5-9-8(11)10(6-2)7(3)4/h7H,5-6H2,1-4H3,(H,9,11). The summed E-state index contributed by atoms with van der Waals surface area (Å²) in [7, 11) is 0. The van der Waals surface area contributed by atoms with Crippen LogP contribution in [-0.2, 0) is 0 Å². The fourth-order valence-corrected chi connectivity index (χ4v) is 1.48. The van der Waals surface area contributed by atoms with E-state index in [1.54, 1.807) is 0 Å². The van der Waals surface area contributed by atoms with Crippen molar-refractivity contribution in [1.82, 2.24) is 10.2 Å². The van der Waals surface area contributed by atoms with Crippen LogP contribution < -0.4 is 5.32 Å². The first kappa shape index (κ1) is 10.7. The minimum Gasteiger partial charge on any atom is -0.363 e. The van der Waals surface area contributed by atoms with Crippen molar-refractivity contribution in [2.45, 2.75) is 33.7 Å². The van der Waals surface area contributed by atoms with Crippen LogP contribution in [-0.4, -0.2) is 29.1 Å². The Hall–Kier alpha value is -0.310. The predicted octanol–water partition coefficient (Wildman–Crippen LogP) is 1.61. The second-order valence-corrected chi connectivity index (χ2v) is 3.10. The summed E-state index contributed by atoms with van der Waals surface area (Å²) in [5, 5.41) is 4.00. The molecular formula is C8H18N2S. The molecule has 0 saturated carbocycles. The fourth-order valence-electron chi connectivity index (χ4n) is 0.996. The molecule has 11 heavy (non-hydrogen) atoms. The van der Waals surface area contributed by atoms with Crippen LogP contribution in [0.2, 0.25) is 0 Å². The van der Waals surface area contributed by atoms with Gasteiger partial charge in [-0.2, -0.15) is 0 Å². The Morgan fingerprint density at radius 2 is 2.00 bits per heavy atom. The zero-order valence-electron chi connectivity index (χ0n) is 7.85. The highest BCUT2D eigenvalue weighted by Crippen LogP contribution is 1.97. The Labute approximate surface area is 75.0 Å². The largest absolute Gasteiger partial charge is 0.363 e. The van der Waals surface area contributed by atoms with Crippen LogP contribution in [0, 0.1) is 0 Å². The normalized spacial score (nSPS) is 9.91. The third-order valence-electron chi connectivity index (χ3n) is 1.55. The Bertz CT molecular complexity index is 123. The Kier molecular flexibility index (Phi) is 5.20. The van der Waals surface area contributed by atoms with Gasteiger partial charge >= 0.3 is 0 Å². The van der Waals surface area contributed by atoms with Gasteiger partial charge in [-0.05, 0) is 39.9 Å². The molecule has 66 valence electrons. The molecule has 0 aliphatic rings. The van der Waals surface area contributed by atoms with E-state index < -0.39 is 0 Å². The second kappa shape index (κ2) is 5.35. The highest BCUT2D eigenvalue weighted by atomic mass is 32.1. The maximum atomic E-state index is 5.16. The predicted molar refractivity (Wildman–Crippen MR) is 53.8 cm³/mol. The maximum Gasteiger partial charge on any atom is 0.169 e. The molecule has 0 unspecified atom stereocenters. The van der Waals surface area contributed by atoms with E-state index in [0.717, 1.165) is 18.2 Å². The van der Waals surface area contributed by atoms with Gasteiger partial charge in [-0.15, -0.1) is 0 Å². The van der Waals surface area contributed by atoms with Crippen LogP contribution >= 0.6 is 12.2 Å². The third kappa shape index (κ3) is 3.56. The topological polar surface area (TPSA) is 15.3 Å². The summed E-state index contributed by atoms with van der Waals surface area (Å²) < 4.78 is 0. The highest BCUT2D eigenvalue weighted by molar-refractivity contribution is 7.80. The molecule has 0 radical (unpaired) electrons. The van der Waals surface area contributed by atoms with Gasteiger partial charge in [0.2, 0.25) is 0 Å². The zero-order chi connectivity index (χ0) is 8.85. The molecule has 0 aromatic heterocycles. The van der Waals surface area contributed by atoms with E-state index in [1.807, 2.05) is 0 Å². The Morgan fingerprint density at radius 1 is 1.45 bits per heavy atom. The quantitative estimate of drug-likeness (QED) is 0.654. The first-order valence-electron chi connectivity index (χ1n) is 4.17. The summed E-state index contributed by atoms with van der Waals surface area (Å²) in [4.78, 5) is 2.17. The lowest BCUT2D eigenvalue weighted by molar-refractivity contribution is 0.362. The molecule has 0 aliphatic carbocycles. The molecule has 0 spiro atoms. The number of nitrogens with one attached hydrogen (secondary N) is 1. The van der Waals surface area contributed by atoms with Crippen molar-refractivity contribution in [3.05, 3.63) is 0 Å². The van der Waals surface area contributed by atoms with Gasteiger partial charge in [-0.3, -0.25) is 0 Å². The molecule has 0 amide bonds. The fraction of sp³-hybridized carbons (Fsp3) is 0.875. The van der Waals surface area contributed by atoms with Gasteiger partial charge < -0.3 is 10.2 Å². The van der Waals surface area contributed by atoms with E-state index in [0.29, 0.717) is 6.04 Å². The summed E-state index contributed by atoms with van der Waals surface area (Å²) in [5.74, 6) is 0. The number of hydrogen-bond acceptors (Lipinski definition) is 1. The van der Waals surface area contributed by atoms with Crippen LogP contribution in [0.5, 0.6) is 0 Å². The highest BCUT2D eigenvalue weighted by Gasteiger charge is 2.08. The molecule has 1 N–H and O–H groups in total. The summed E-state index contributed by atoms with van der Waals surface area (Å²) in [6, 6.07) is 0.492. The summed E-state index contributed by atoms with van der Waals surface area (Å²) in [6.45, 7) is 10.3. The van der Waals surface area contributed by atoms with Crippen molar-refractivity contribution in [2.75, 3.05) is 13.1 Å². The van der Waals surface area contributed by atoms with Crippen LogP contribution in [0.4, 0.5) is 0 Å². The van der Waals surface area contributed by atoms with Crippen molar-refractivity contribution in [3.8, 4) is 0 Å². The van der Waals surface area contributed by atoms with Crippen LogP contribution in [0.15, 0.2) is 0 Å². The lowest BCUT2D eigenvalue weighted by Crippen LogP contribution is -2.43. The summed E-state index contributed by atoms with van der Waals surface area (Å²) >= 11 is 5.16. The van der Waals surface area contributed by atoms with E-state index in [4.69, 9.17) is 12.2 Å². The van der Waals surface area contributed by atoms with Crippen molar-refractivity contribution >= 4 is 17.3 Å². The van der Waals surface area contributed by atoms with Gasteiger partial charge in [0.25, 0.3) is 0 Å². The first-order valence-corrected chi connectivity index (χ1v) is 4.58. The van der Waals surface area contributed by atoms with Crippen molar-refractivity contribution in [1.29, 1.82) is 0 Å². The molecule has 0 heterocycles. The molecule has 0 atom stereocenters. The van der Waals surface area contributed by atoms with E-state index in [1.165, 1.54) is 0 Å². The summed E-state index contributed by atoms with van der Waals surface area (Å²) in [5.41, 5.74) is 0. The van der Waals surface area contributed by atoms with E-state index in [2.05, 4.69) is 37.9 Å². The minimum atomic E-state index is 0.492. The van der Waals surface area contributed by atoms with Gasteiger partial charge in [0.15, 0.2) is 5.11 Å². The monoisotopic (exact) mass is 174 g/mol. The molecule has 0 aromatic carbocycles. The average molecular weight is 174 g/mol. The molecular weight excluding hydrogens is 156 g/mol. The number of nitrogens with zero attached hydrogens (tertiary/aromatic N) is 1. The van der Waals surface area contributed by atoms with Gasteiger partial charge in [0.05, 0.1) is 0 Å². The van der Waals surface area contributed by atoms with E-state index in [9.17, 15) is 0 Å². The van der Waals surface area contributed by atoms with Crippen molar-refractivity contribution in [3.63, 3.8) is 0 Å². The van der Waals surface area contributed by atoms with Crippen molar-refractivity contribution in [2.24, 2.45) is 0 Å². The van der Waals surface area contributed by atoms with E-state index >= 15 is 0 Å². The van der Waals surface area contributed by atoms with Crippen LogP contribution in [0.1, 0.15) is 27.7 Å². The van der Waals surface area contributed by atoms with Crippen LogP contribution in [0.25, 0.3) is 0 Å². The molecule has 0 saturated heterocycles. The Balaban J connectivity index is 3.92.